The van der Waals surface area contributed by atoms with Crippen LogP contribution in [0.1, 0.15) is 18.5 Å². The number of amides is 1. The van der Waals surface area contributed by atoms with Crippen LogP contribution in [0, 0.1) is 5.82 Å². The molecule has 0 saturated carbocycles. The van der Waals surface area contributed by atoms with Gasteiger partial charge < -0.3 is 5.11 Å². The van der Waals surface area contributed by atoms with Crippen molar-refractivity contribution in [2.45, 2.75) is 17.9 Å². The van der Waals surface area contributed by atoms with Crippen LogP contribution in [0.2, 0.25) is 0 Å². The number of hydrogen-bond donors (Lipinski definition) is 2. The lowest BCUT2D eigenvalue weighted by molar-refractivity contribution is -0.117. The third-order valence-electron chi connectivity index (χ3n) is 4.85. The Hall–Kier alpha value is -3.57. The number of ketones is 1. The summed E-state index contributed by atoms with van der Waals surface area (Å²) in [5.41, 5.74) is 0.542. The minimum atomic E-state index is -3.90. The number of thiazole rings is 1. The molecule has 0 bridgehead atoms. The van der Waals surface area contributed by atoms with Crippen molar-refractivity contribution in [3.8, 4) is 0 Å². The predicted octanol–water partition coefficient (Wildman–Crippen LogP) is 3.57. The van der Waals surface area contributed by atoms with Crippen molar-refractivity contribution in [2.75, 3.05) is 9.62 Å². The van der Waals surface area contributed by atoms with Gasteiger partial charge in [-0.3, -0.25) is 19.2 Å². The summed E-state index contributed by atoms with van der Waals surface area (Å²) in [6.45, 7) is 1.22. The molecular formula is C21H16FN3O5S2. The molecule has 11 heteroatoms. The molecule has 32 heavy (non-hydrogen) atoms. The molecule has 1 amide bonds. The number of hydrogen-bond acceptors (Lipinski definition) is 7. The number of nitrogens with zero attached hydrogens (tertiary/aromatic N) is 2. The van der Waals surface area contributed by atoms with Gasteiger partial charge in [0.05, 0.1) is 16.5 Å². The lowest BCUT2D eigenvalue weighted by Crippen LogP contribution is -2.30. The van der Waals surface area contributed by atoms with Gasteiger partial charge in [-0.1, -0.05) is 12.1 Å². The van der Waals surface area contributed by atoms with Crippen LogP contribution in [0.3, 0.4) is 0 Å². The van der Waals surface area contributed by atoms with E-state index in [4.69, 9.17) is 0 Å². The molecular weight excluding hydrogens is 457 g/mol. The Morgan fingerprint density at radius 2 is 1.81 bits per heavy atom. The summed E-state index contributed by atoms with van der Waals surface area (Å²) in [5, 5.41) is 12.2. The first kappa shape index (κ1) is 21.7. The van der Waals surface area contributed by atoms with Gasteiger partial charge in [-0.2, -0.15) is 0 Å². The molecule has 164 valence electrons. The molecule has 8 nitrogen and oxygen atoms in total. The number of aliphatic hydroxyl groups excluding tert-OH is 1. The van der Waals surface area contributed by atoms with Gasteiger partial charge in [0.2, 0.25) is 0 Å². The van der Waals surface area contributed by atoms with Crippen LogP contribution in [-0.4, -0.2) is 30.2 Å². The van der Waals surface area contributed by atoms with Crippen LogP contribution in [0.25, 0.3) is 0 Å². The summed E-state index contributed by atoms with van der Waals surface area (Å²) in [6, 6.07) is 9.58. The van der Waals surface area contributed by atoms with E-state index < -0.39 is 39.3 Å². The number of carbonyl (C=O) groups excluding carboxylic acids is 2. The zero-order valence-corrected chi connectivity index (χ0v) is 18.2. The molecule has 0 radical (unpaired) electrons. The van der Waals surface area contributed by atoms with Gasteiger partial charge in [0.1, 0.15) is 5.82 Å². The Bertz CT molecular complexity index is 1320. The Morgan fingerprint density at radius 3 is 2.38 bits per heavy atom. The highest BCUT2D eigenvalue weighted by atomic mass is 32.2. The lowest BCUT2D eigenvalue weighted by Gasteiger charge is -2.26. The molecule has 3 aromatic rings. The van der Waals surface area contributed by atoms with E-state index >= 15 is 0 Å². The first-order valence-corrected chi connectivity index (χ1v) is 11.6. The predicted molar refractivity (Wildman–Crippen MR) is 116 cm³/mol. The van der Waals surface area contributed by atoms with E-state index in [1.54, 1.807) is 5.38 Å². The minimum Gasteiger partial charge on any atom is -0.503 e. The van der Waals surface area contributed by atoms with Gasteiger partial charge in [-0.25, -0.2) is 17.8 Å². The fourth-order valence-corrected chi connectivity index (χ4v) is 5.21. The van der Waals surface area contributed by atoms with Gasteiger partial charge in [0.25, 0.3) is 15.9 Å². The Labute approximate surface area is 186 Å². The summed E-state index contributed by atoms with van der Waals surface area (Å²) in [7, 11) is -3.90. The van der Waals surface area contributed by atoms with Crippen molar-refractivity contribution in [3.05, 3.63) is 82.8 Å². The Kier molecular flexibility index (Phi) is 5.53. The topological polar surface area (TPSA) is 117 Å². The molecule has 0 spiro atoms. The molecule has 2 heterocycles. The quantitative estimate of drug-likeness (QED) is 0.565. The largest absolute Gasteiger partial charge is 0.503 e. The zero-order chi connectivity index (χ0) is 23.0. The van der Waals surface area contributed by atoms with Crippen molar-refractivity contribution in [2.24, 2.45) is 0 Å². The van der Waals surface area contributed by atoms with Crippen LogP contribution in [0.15, 0.2) is 76.3 Å². The van der Waals surface area contributed by atoms with Gasteiger partial charge >= 0.3 is 0 Å². The average Bonchev–Trinajstić information content (AvgIpc) is 3.34. The standard InChI is InChI=1S/C21H16FN3O5S2/c1-12(26)17-18(13-2-4-14(22)5-3-13)25(20(28)19(17)27)15-6-8-16(9-7-15)32(29,30)24-21-23-10-11-31-21/h2-11,18,27H,1H3,(H,23,24)/t18-/m1/s1. The third-order valence-corrected chi connectivity index (χ3v) is 7.02. The van der Waals surface area contributed by atoms with E-state index in [2.05, 4.69) is 9.71 Å². The maximum absolute atomic E-state index is 13.4. The molecule has 0 fully saturated rings. The zero-order valence-electron chi connectivity index (χ0n) is 16.5. The SMILES string of the molecule is CC(=O)C1=C(O)C(=O)N(c2ccc(S(=O)(=O)Nc3nccs3)cc2)[C@@H]1c1ccc(F)cc1. The van der Waals surface area contributed by atoms with E-state index in [0.717, 1.165) is 11.3 Å². The van der Waals surface area contributed by atoms with Crippen LogP contribution < -0.4 is 9.62 Å². The second kappa shape index (κ2) is 8.17. The van der Waals surface area contributed by atoms with Crippen LogP contribution in [0.5, 0.6) is 0 Å². The van der Waals surface area contributed by atoms with Crippen molar-refractivity contribution in [3.63, 3.8) is 0 Å². The van der Waals surface area contributed by atoms with Crippen molar-refractivity contribution >= 4 is 43.9 Å². The molecule has 4 rings (SSSR count). The van der Waals surface area contributed by atoms with Gasteiger partial charge in [0, 0.05) is 17.3 Å². The summed E-state index contributed by atoms with van der Waals surface area (Å²) in [6.07, 6.45) is 1.46. The second-order valence-electron chi connectivity index (χ2n) is 6.88. The molecule has 2 aromatic carbocycles. The maximum atomic E-state index is 13.4. The monoisotopic (exact) mass is 473 g/mol. The summed E-state index contributed by atoms with van der Waals surface area (Å²) in [4.78, 5) is 30.0. The van der Waals surface area contributed by atoms with E-state index in [1.165, 1.54) is 66.6 Å². The van der Waals surface area contributed by atoms with Crippen LogP contribution >= 0.6 is 11.3 Å². The lowest BCUT2D eigenvalue weighted by atomic mass is 9.96. The summed E-state index contributed by atoms with van der Waals surface area (Å²) < 4.78 is 40.9. The fourth-order valence-electron chi connectivity index (χ4n) is 3.43. The first-order chi connectivity index (χ1) is 15.2. The van der Waals surface area contributed by atoms with Crippen molar-refractivity contribution < 1.29 is 27.5 Å². The molecule has 1 aromatic heterocycles. The molecule has 1 aliphatic heterocycles. The van der Waals surface area contributed by atoms with Crippen LogP contribution in [0.4, 0.5) is 15.2 Å². The maximum Gasteiger partial charge on any atom is 0.294 e. The minimum absolute atomic E-state index is 0.0644. The van der Waals surface area contributed by atoms with Gasteiger partial charge in [0.15, 0.2) is 16.7 Å². The Morgan fingerprint density at radius 1 is 1.16 bits per heavy atom. The van der Waals surface area contributed by atoms with E-state index in [-0.39, 0.29) is 21.3 Å². The fraction of sp³-hybridized carbons (Fsp3) is 0.0952. The third kappa shape index (κ3) is 3.87. The second-order valence-corrected chi connectivity index (χ2v) is 9.46. The number of aliphatic hydroxyl groups is 1. The van der Waals surface area contributed by atoms with Crippen molar-refractivity contribution in [1.29, 1.82) is 0 Å². The highest BCUT2D eigenvalue weighted by molar-refractivity contribution is 7.93. The summed E-state index contributed by atoms with van der Waals surface area (Å²) >= 11 is 1.12. The number of sulfonamides is 1. The highest BCUT2D eigenvalue weighted by Gasteiger charge is 2.43. The normalized spacial score (nSPS) is 16.5. The van der Waals surface area contributed by atoms with Crippen molar-refractivity contribution in [1.82, 2.24) is 4.98 Å². The van der Waals surface area contributed by atoms with E-state index in [0.29, 0.717) is 5.56 Å². The van der Waals surface area contributed by atoms with E-state index in [1.807, 2.05) is 0 Å². The highest BCUT2D eigenvalue weighted by Crippen LogP contribution is 2.41. The average molecular weight is 474 g/mol. The number of aromatic nitrogens is 1. The van der Waals surface area contributed by atoms with Gasteiger partial charge in [-0.15, -0.1) is 11.3 Å². The first-order valence-electron chi connectivity index (χ1n) is 9.24. The number of carbonyl (C=O) groups is 2. The number of rotatable bonds is 6. The Balaban J connectivity index is 1.72. The molecule has 0 unspecified atom stereocenters. The molecule has 0 saturated heterocycles. The molecule has 1 aliphatic rings. The molecule has 2 N–H and O–H groups in total. The van der Waals surface area contributed by atoms with Crippen LogP contribution in [-0.2, 0) is 19.6 Å². The smallest absolute Gasteiger partial charge is 0.294 e. The number of Topliss-reactive ketones (excluding diaryl/α,β-unsaturated/α-hetero) is 1. The van der Waals surface area contributed by atoms with E-state index in [9.17, 15) is 27.5 Å². The van der Waals surface area contributed by atoms with Gasteiger partial charge in [-0.05, 0) is 48.9 Å². The molecule has 1 atom stereocenters. The molecule has 0 aliphatic carbocycles. The summed E-state index contributed by atoms with van der Waals surface area (Å²) in [5.74, 6) is -2.53. The number of halogens is 1. The number of benzene rings is 2. The number of nitrogens with one attached hydrogen (secondary N) is 1. The number of anilines is 2.